The highest BCUT2D eigenvalue weighted by Crippen LogP contribution is 2.67. The van der Waals surface area contributed by atoms with Crippen molar-refractivity contribution in [2.75, 3.05) is 12.1 Å². The van der Waals surface area contributed by atoms with E-state index in [1.807, 2.05) is 42.5 Å². The molecule has 6 nitrogen and oxygen atoms in total. The predicted octanol–water partition coefficient (Wildman–Crippen LogP) is 4.15. The molecule has 1 amide bonds. The topological polar surface area (TPSA) is 73.3 Å². The van der Waals surface area contributed by atoms with Crippen LogP contribution in [0.5, 0.6) is 11.5 Å². The quantitative estimate of drug-likeness (QED) is 0.715. The Kier molecular flexibility index (Phi) is 3.16. The normalized spacial score (nSPS) is 25.2. The monoisotopic (exact) mass is 387 g/mol. The molecule has 2 bridgehead atoms. The van der Waals surface area contributed by atoms with Crippen LogP contribution in [0.1, 0.15) is 44.0 Å². The maximum Gasteiger partial charge on any atom is 0.237 e. The number of fused-ring (bicyclic) bond motifs is 7. The minimum Gasteiger partial charge on any atom is -0.454 e. The summed E-state index contributed by atoms with van der Waals surface area (Å²) in [7, 11) is 0. The fourth-order valence-corrected chi connectivity index (χ4v) is 5.54. The van der Waals surface area contributed by atoms with Crippen LogP contribution in [-0.2, 0) is 10.2 Å². The summed E-state index contributed by atoms with van der Waals surface area (Å²) in [5, 5.41) is 3.13. The van der Waals surface area contributed by atoms with E-state index in [1.54, 1.807) is 0 Å². The summed E-state index contributed by atoms with van der Waals surface area (Å²) >= 11 is 0. The molecule has 1 aromatic heterocycles. The summed E-state index contributed by atoms with van der Waals surface area (Å²) in [4.78, 5) is 23.7. The van der Waals surface area contributed by atoms with E-state index in [1.165, 1.54) is 0 Å². The minimum absolute atomic E-state index is 0.0211. The van der Waals surface area contributed by atoms with Gasteiger partial charge >= 0.3 is 0 Å². The summed E-state index contributed by atoms with van der Waals surface area (Å²) < 4.78 is 10.8. The standard InChI is InChI=1S/C23H21N3O3/c1-22(2)14-9-10-23(22,20-19(14)25-15-5-3-4-6-16(15)26-20)21(27)24-13-7-8-17-18(11-13)29-12-28-17/h3-8,11,14H,9-10,12H2,1-2H3,(H,24,27). The largest absolute Gasteiger partial charge is 0.454 e. The van der Waals surface area contributed by atoms with Gasteiger partial charge in [0.25, 0.3) is 0 Å². The number of para-hydroxylation sites is 2. The van der Waals surface area contributed by atoms with E-state index >= 15 is 0 Å². The molecule has 6 rings (SSSR count). The molecule has 0 spiro atoms. The lowest BCUT2D eigenvalue weighted by Crippen LogP contribution is -2.46. The van der Waals surface area contributed by atoms with E-state index in [-0.39, 0.29) is 24.0 Å². The van der Waals surface area contributed by atoms with E-state index in [9.17, 15) is 4.79 Å². The summed E-state index contributed by atoms with van der Waals surface area (Å²) in [5.41, 5.74) is 3.31. The van der Waals surface area contributed by atoms with E-state index in [0.29, 0.717) is 17.2 Å². The highest BCUT2D eigenvalue weighted by atomic mass is 16.7. The molecule has 3 aliphatic rings. The smallest absolute Gasteiger partial charge is 0.237 e. The van der Waals surface area contributed by atoms with Crippen LogP contribution < -0.4 is 14.8 Å². The molecule has 1 aliphatic heterocycles. The van der Waals surface area contributed by atoms with Gasteiger partial charge in [0.2, 0.25) is 12.7 Å². The Bertz CT molecular complexity index is 1190. The molecule has 2 heterocycles. The van der Waals surface area contributed by atoms with Crippen LogP contribution in [0.2, 0.25) is 0 Å². The number of aromatic nitrogens is 2. The molecular weight excluding hydrogens is 366 g/mol. The maximum atomic E-state index is 13.8. The SMILES string of the molecule is CC1(C)C2CCC1(C(=O)Nc1ccc3c(c1)OCO3)c1nc3ccccc3nc12. The van der Waals surface area contributed by atoms with Crippen LogP contribution in [0.15, 0.2) is 42.5 Å². The van der Waals surface area contributed by atoms with Crippen LogP contribution in [0.3, 0.4) is 0 Å². The summed E-state index contributed by atoms with van der Waals surface area (Å²) in [6.45, 7) is 4.57. The highest BCUT2D eigenvalue weighted by Gasteiger charge is 2.67. The number of hydrogen-bond donors (Lipinski definition) is 1. The second-order valence-electron chi connectivity index (χ2n) is 8.69. The lowest BCUT2D eigenvalue weighted by atomic mass is 9.67. The van der Waals surface area contributed by atoms with E-state index < -0.39 is 5.41 Å². The molecular formula is C23H21N3O3. The van der Waals surface area contributed by atoms with Gasteiger partial charge in [0.15, 0.2) is 11.5 Å². The third kappa shape index (κ3) is 2.03. The van der Waals surface area contributed by atoms with Crippen LogP contribution in [0, 0.1) is 5.41 Å². The predicted molar refractivity (Wildman–Crippen MR) is 108 cm³/mol. The first kappa shape index (κ1) is 16.8. The van der Waals surface area contributed by atoms with Gasteiger partial charge in [-0.2, -0.15) is 0 Å². The fourth-order valence-electron chi connectivity index (χ4n) is 5.54. The third-order valence-corrected chi connectivity index (χ3v) is 7.13. The third-order valence-electron chi connectivity index (χ3n) is 7.13. The van der Waals surface area contributed by atoms with E-state index in [4.69, 9.17) is 19.4 Å². The molecule has 0 saturated heterocycles. The number of carbonyl (C=O) groups is 1. The molecule has 0 radical (unpaired) electrons. The Balaban J connectivity index is 1.46. The Morgan fingerprint density at radius 1 is 1.07 bits per heavy atom. The van der Waals surface area contributed by atoms with Crippen LogP contribution in [0.4, 0.5) is 5.69 Å². The first-order valence-electron chi connectivity index (χ1n) is 9.99. The Hall–Kier alpha value is -3.15. The number of ether oxygens (including phenoxy) is 2. The average Bonchev–Trinajstić information content (AvgIpc) is 3.34. The summed E-state index contributed by atoms with van der Waals surface area (Å²) in [5.74, 6) is 1.57. The fraction of sp³-hybridized carbons (Fsp3) is 0.348. The second kappa shape index (κ2) is 5.47. The molecule has 1 N–H and O–H groups in total. The Labute approximate surface area is 168 Å². The lowest BCUT2D eigenvalue weighted by Gasteiger charge is -2.36. The molecule has 1 saturated carbocycles. The van der Waals surface area contributed by atoms with Gasteiger partial charge in [-0.3, -0.25) is 4.79 Å². The van der Waals surface area contributed by atoms with Crippen LogP contribution >= 0.6 is 0 Å². The zero-order valence-corrected chi connectivity index (χ0v) is 16.4. The molecule has 2 aromatic carbocycles. The number of rotatable bonds is 2. The number of nitrogens with zero attached hydrogens (tertiary/aromatic N) is 2. The molecule has 3 aromatic rings. The van der Waals surface area contributed by atoms with Crippen molar-refractivity contribution < 1.29 is 14.3 Å². The van der Waals surface area contributed by atoms with Crippen molar-refractivity contribution in [2.24, 2.45) is 5.41 Å². The number of benzene rings is 2. The maximum absolute atomic E-state index is 13.8. The van der Waals surface area contributed by atoms with Gasteiger partial charge in [-0.1, -0.05) is 26.0 Å². The first-order chi connectivity index (χ1) is 14.0. The highest BCUT2D eigenvalue weighted by molar-refractivity contribution is 6.01. The second-order valence-corrected chi connectivity index (χ2v) is 8.69. The average molecular weight is 387 g/mol. The number of hydrogen-bond acceptors (Lipinski definition) is 5. The number of anilines is 1. The molecule has 6 heteroatoms. The van der Waals surface area contributed by atoms with Crippen molar-refractivity contribution in [3.63, 3.8) is 0 Å². The molecule has 146 valence electrons. The minimum atomic E-state index is -0.694. The zero-order chi connectivity index (χ0) is 19.8. The van der Waals surface area contributed by atoms with Gasteiger partial charge in [0, 0.05) is 17.7 Å². The van der Waals surface area contributed by atoms with Crippen molar-refractivity contribution in [1.82, 2.24) is 9.97 Å². The first-order valence-corrected chi connectivity index (χ1v) is 9.99. The van der Waals surface area contributed by atoms with Crippen molar-refractivity contribution in [1.29, 1.82) is 0 Å². The van der Waals surface area contributed by atoms with Gasteiger partial charge in [0.1, 0.15) is 0 Å². The van der Waals surface area contributed by atoms with Gasteiger partial charge in [-0.15, -0.1) is 0 Å². The van der Waals surface area contributed by atoms with Crippen molar-refractivity contribution in [2.45, 2.75) is 38.0 Å². The van der Waals surface area contributed by atoms with Gasteiger partial charge < -0.3 is 14.8 Å². The van der Waals surface area contributed by atoms with Crippen LogP contribution in [-0.4, -0.2) is 22.7 Å². The zero-order valence-electron chi connectivity index (χ0n) is 16.4. The Morgan fingerprint density at radius 3 is 2.66 bits per heavy atom. The molecule has 29 heavy (non-hydrogen) atoms. The van der Waals surface area contributed by atoms with Gasteiger partial charge in [-0.25, -0.2) is 9.97 Å². The lowest BCUT2D eigenvalue weighted by molar-refractivity contribution is -0.124. The number of carbonyl (C=O) groups excluding carboxylic acids is 1. The summed E-state index contributed by atoms with van der Waals surface area (Å²) in [6, 6.07) is 13.4. The number of amides is 1. The molecule has 1 fully saturated rings. The van der Waals surface area contributed by atoms with Crippen molar-refractivity contribution in [3.8, 4) is 11.5 Å². The molecule has 2 aliphatic carbocycles. The summed E-state index contributed by atoms with van der Waals surface area (Å²) in [6.07, 6.45) is 1.72. The van der Waals surface area contributed by atoms with Gasteiger partial charge in [0.05, 0.1) is 27.8 Å². The van der Waals surface area contributed by atoms with Crippen molar-refractivity contribution in [3.05, 3.63) is 53.9 Å². The van der Waals surface area contributed by atoms with Crippen molar-refractivity contribution >= 4 is 22.6 Å². The molecule has 2 unspecified atom stereocenters. The van der Waals surface area contributed by atoms with E-state index in [0.717, 1.165) is 35.3 Å². The molecule has 2 atom stereocenters. The number of nitrogens with one attached hydrogen (secondary N) is 1. The van der Waals surface area contributed by atoms with Crippen LogP contribution in [0.25, 0.3) is 11.0 Å². The van der Waals surface area contributed by atoms with E-state index in [2.05, 4.69) is 19.2 Å². The Morgan fingerprint density at radius 2 is 1.83 bits per heavy atom. The van der Waals surface area contributed by atoms with Gasteiger partial charge in [-0.05, 0) is 42.5 Å².